The molecule has 5 heteroatoms. The summed E-state index contributed by atoms with van der Waals surface area (Å²) in [5.41, 5.74) is 3.15. The lowest BCUT2D eigenvalue weighted by Gasteiger charge is -2.21. The van der Waals surface area contributed by atoms with Crippen molar-refractivity contribution in [1.82, 2.24) is 15.1 Å². The third kappa shape index (κ3) is 2.73. The molecule has 0 saturated heterocycles. The van der Waals surface area contributed by atoms with Crippen molar-refractivity contribution in [3.05, 3.63) is 17.0 Å². The van der Waals surface area contributed by atoms with Gasteiger partial charge in [-0.15, -0.1) is 0 Å². The van der Waals surface area contributed by atoms with Crippen molar-refractivity contribution in [2.24, 2.45) is 13.0 Å². The van der Waals surface area contributed by atoms with Crippen LogP contribution < -0.4 is 5.32 Å². The molecular weight excluding hydrogens is 254 g/mol. The van der Waals surface area contributed by atoms with E-state index in [1.807, 2.05) is 25.6 Å². The highest BCUT2D eigenvalue weighted by atomic mass is 16.3. The molecule has 1 fully saturated rings. The van der Waals surface area contributed by atoms with Gasteiger partial charge in [0.1, 0.15) is 0 Å². The lowest BCUT2D eigenvalue weighted by Crippen LogP contribution is -2.37. The fraction of sp³-hybridized carbons (Fsp3) is 0.733. The molecule has 1 aliphatic rings. The van der Waals surface area contributed by atoms with Gasteiger partial charge in [0.25, 0.3) is 0 Å². The molecule has 20 heavy (non-hydrogen) atoms. The van der Waals surface area contributed by atoms with Crippen molar-refractivity contribution in [2.45, 2.75) is 58.6 Å². The van der Waals surface area contributed by atoms with E-state index in [4.69, 9.17) is 0 Å². The summed E-state index contributed by atoms with van der Waals surface area (Å²) in [6, 6.07) is -0.0241. The summed E-state index contributed by atoms with van der Waals surface area (Å²) in [6.07, 6.45) is 2.79. The second-order valence-corrected chi connectivity index (χ2v) is 5.78. The number of nitrogens with one attached hydrogen (secondary N) is 1. The molecule has 2 N–H and O–H groups in total. The van der Waals surface area contributed by atoms with Gasteiger partial charge < -0.3 is 10.4 Å². The number of aliphatic hydroxyl groups is 1. The quantitative estimate of drug-likeness (QED) is 0.882. The molecule has 0 aromatic carbocycles. The Morgan fingerprint density at radius 3 is 2.65 bits per heavy atom. The van der Waals surface area contributed by atoms with Gasteiger partial charge in [0, 0.05) is 18.3 Å². The molecule has 2 rings (SSSR count). The summed E-state index contributed by atoms with van der Waals surface area (Å²) in [5.74, 6) is -0.272. The number of nitrogens with zero attached hydrogens (tertiary/aromatic N) is 2. The molecule has 0 bridgehead atoms. The van der Waals surface area contributed by atoms with Crippen LogP contribution >= 0.6 is 0 Å². The fourth-order valence-electron chi connectivity index (χ4n) is 3.20. The fourth-order valence-corrected chi connectivity index (χ4v) is 3.20. The molecular formula is C15H25N3O2. The monoisotopic (exact) mass is 279 g/mol. The molecule has 3 atom stereocenters. The Morgan fingerprint density at radius 2 is 2.20 bits per heavy atom. The molecule has 1 heterocycles. The summed E-state index contributed by atoms with van der Waals surface area (Å²) in [4.78, 5) is 12.3. The topological polar surface area (TPSA) is 67.2 Å². The van der Waals surface area contributed by atoms with Gasteiger partial charge in [-0.1, -0.05) is 6.92 Å². The number of rotatable bonds is 4. The molecule has 3 unspecified atom stereocenters. The lowest BCUT2D eigenvalue weighted by molar-refractivity contribution is -0.128. The third-order valence-corrected chi connectivity index (χ3v) is 4.45. The van der Waals surface area contributed by atoms with Crippen LogP contribution in [0.3, 0.4) is 0 Å². The van der Waals surface area contributed by atoms with Crippen molar-refractivity contribution >= 4 is 5.91 Å². The first-order valence-corrected chi connectivity index (χ1v) is 7.44. The van der Waals surface area contributed by atoms with Crippen LogP contribution in [0.15, 0.2) is 0 Å². The van der Waals surface area contributed by atoms with Gasteiger partial charge in [0.15, 0.2) is 0 Å². The number of carbonyl (C=O) groups is 1. The van der Waals surface area contributed by atoms with Crippen molar-refractivity contribution in [3.63, 3.8) is 0 Å². The highest BCUT2D eigenvalue weighted by Gasteiger charge is 2.33. The van der Waals surface area contributed by atoms with Crippen LogP contribution in [0.2, 0.25) is 0 Å². The van der Waals surface area contributed by atoms with Crippen LogP contribution in [-0.2, 0) is 11.8 Å². The average Bonchev–Trinajstić information content (AvgIpc) is 2.92. The molecule has 0 radical (unpaired) electrons. The van der Waals surface area contributed by atoms with Crippen LogP contribution in [0.4, 0.5) is 0 Å². The first kappa shape index (κ1) is 15.0. The second-order valence-electron chi connectivity index (χ2n) is 5.78. The third-order valence-electron chi connectivity index (χ3n) is 4.45. The van der Waals surface area contributed by atoms with E-state index in [2.05, 4.69) is 17.3 Å². The van der Waals surface area contributed by atoms with Crippen LogP contribution in [-0.4, -0.2) is 26.9 Å². The minimum atomic E-state index is -0.483. The van der Waals surface area contributed by atoms with Crippen LogP contribution in [0.25, 0.3) is 0 Å². The summed E-state index contributed by atoms with van der Waals surface area (Å²) >= 11 is 0. The Morgan fingerprint density at radius 1 is 1.50 bits per heavy atom. The predicted molar refractivity (Wildman–Crippen MR) is 77.2 cm³/mol. The Labute approximate surface area is 120 Å². The largest absolute Gasteiger partial charge is 0.392 e. The number of carbonyl (C=O) groups excluding carboxylic acids is 1. The first-order valence-electron chi connectivity index (χ1n) is 7.44. The van der Waals surface area contributed by atoms with E-state index in [0.717, 1.165) is 42.6 Å². The van der Waals surface area contributed by atoms with Gasteiger partial charge in [0.2, 0.25) is 5.91 Å². The van der Waals surface area contributed by atoms with Crippen LogP contribution in [0.5, 0.6) is 0 Å². The van der Waals surface area contributed by atoms with E-state index in [1.165, 1.54) is 0 Å². The van der Waals surface area contributed by atoms with E-state index < -0.39 is 6.10 Å². The molecule has 112 valence electrons. The zero-order chi connectivity index (χ0) is 14.9. The zero-order valence-electron chi connectivity index (χ0n) is 12.8. The average molecular weight is 279 g/mol. The Kier molecular flexibility index (Phi) is 4.48. The van der Waals surface area contributed by atoms with E-state index in [-0.39, 0.29) is 17.9 Å². The van der Waals surface area contributed by atoms with E-state index >= 15 is 0 Å². The molecule has 1 aliphatic carbocycles. The molecule has 0 spiro atoms. The SMILES string of the molecule is CCC(NC(=O)C1CCCC1O)c1c(C)nn(C)c1C. The van der Waals surface area contributed by atoms with Gasteiger partial charge in [-0.2, -0.15) is 5.10 Å². The number of aliphatic hydroxyl groups excluding tert-OH is 1. The smallest absolute Gasteiger partial charge is 0.226 e. The Hall–Kier alpha value is -1.36. The summed E-state index contributed by atoms with van der Waals surface area (Å²) in [7, 11) is 1.92. The minimum Gasteiger partial charge on any atom is -0.392 e. The summed E-state index contributed by atoms with van der Waals surface area (Å²) in [5, 5.41) is 17.4. The van der Waals surface area contributed by atoms with Gasteiger partial charge >= 0.3 is 0 Å². The van der Waals surface area contributed by atoms with Gasteiger partial charge in [0.05, 0.1) is 23.8 Å². The van der Waals surface area contributed by atoms with Crippen molar-refractivity contribution in [1.29, 1.82) is 0 Å². The Bertz CT molecular complexity index is 496. The molecule has 5 nitrogen and oxygen atoms in total. The van der Waals surface area contributed by atoms with Crippen LogP contribution in [0.1, 0.15) is 55.6 Å². The zero-order valence-corrected chi connectivity index (χ0v) is 12.8. The Balaban J connectivity index is 2.15. The standard InChI is InChI=1S/C15H25N3O2/c1-5-12(14-9(2)17-18(4)10(14)3)16-15(20)11-7-6-8-13(11)19/h11-13,19H,5-8H2,1-4H3,(H,16,20). The summed E-state index contributed by atoms with van der Waals surface area (Å²) in [6.45, 7) is 6.05. The van der Waals surface area contributed by atoms with Crippen molar-refractivity contribution < 1.29 is 9.90 Å². The minimum absolute atomic E-state index is 0.0236. The summed E-state index contributed by atoms with van der Waals surface area (Å²) < 4.78 is 1.85. The number of aromatic nitrogens is 2. The maximum Gasteiger partial charge on any atom is 0.226 e. The molecule has 0 aliphatic heterocycles. The van der Waals surface area contributed by atoms with E-state index in [9.17, 15) is 9.90 Å². The number of hydrogen-bond acceptors (Lipinski definition) is 3. The number of hydrogen-bond donors (Lipinski definition) is 2. The van der Waals surface area contributed by atoms with E-state index in [1.54, 1.807) is 0 Å². The molecule has 1 aromatic heterocycles. The van der Waals surface area contributed by atoms with E-state index in [0.29, 0.717) is 0 Å². The molecule has 1 aromatic rings. The first-order chi connectivity index (χ1) is 9.45. The highest BCUT2D eigenvalue weighted by Crippen LogP contribution is 2.28. The van der Waals surface area contributed by atoms with Gasteiger partial charge in [-0.05, 0) is 39.5 Å². The maximum absolute atomic E-state index is 12.3. The molecule has 1 saturated carbocycles. The van der Waals surface area contributed by atoms with Gasteiger partial charge in [-0.25, -0.2) is 0 Å². The lowest BCUT2D eigenvalue weighted by atomic mass is 9.99. The number of amides is 1. The predicted octanol–water partition coefficient (Wildman–Crippen LogP) is 1.77. The second kappa shape index (κ2) is 5.95. The number of aryl methyl sites for hydroxylation is 2. The van der Waals surface area contributed by atoms with Crippen LogP contribution in [0, 0.1) is 19.8 Å². The maximum atomic E-state index is 12.3. The molecule has 1 amide bonds. The highest BCUT2D eigenvalue weighted by molar-refractivity contribution is 5.80. The van der Waals surface area contributed by atoms with Crippen molar-refractivity contribution in [2.75, 3.05) is 0 Å². The normalized spacial score (nSPS) is 23.9. The van der Waals surface area contributed by atoms with Crippen molar-refractivity contribution in [3.8, 4) is 0 Å². The van der Waals surface area contributed by atoms with Gasteiger partial charge in [-0.3, -0.25) is 9.48 Å².